The minimum atomic E-state index is -0.565. The fourth-order valence-corrected chi connectivity index (χ4v) is 4.67. The van der Waals surface area contributed by atoms with Crippen molar-refractivity contribution in [1.29, 1.82) is 0 Å². The molecule has 1 aromatic rings. The zero-order valence-corrected chi connectivity index (χ0v) is 16.1. The molecule has 1 atom stereocenters. The van der Waals surface area contributed by atoms with E-state index in [1.807, 2.05) is 12.1 Å². The first-order valence-electron chi connectivity index (χ1n) is 10.3. The summed E-state index contributed by atoms with van der Waals surface area (Å²) in [6.45, 7) is 1.92. The molecule has 0 radical (unpaired) electrons. The highest BCUT2D eigenvalue weighted by atomic mass is 16.2. The van der Waals surface area contributed by atoms with Crippen LogP contribution >= 0.6 is 0 Å². The smallest absolute Gasteiger partial charge is 0.255 e. The molecular weight excluding hydrogens is 356 g/mol. The van der Waals surface area contributed by atoms with Crippen LogP contribution in [0.1, 0.15) is 60.0 Å². The molecule has 7 nitrogen and oxygen atoms in total. The van der Waals surface area contributed by atoms with Crippen LogP contribution in [0, 0.1) is 5.92 Å². The van der Waals surface area contributed by atoms with E-state index in [2.05, 4.69) is 16.7 Å². The molecular formula is C21H28N4O3. The van der Waals surface area contributed by atoms with Gasteiger partial charge in [0, 0.05) is 31.1 Å². The van der Waals surface area contributed by atoms with Gasteiger partial charge < -0.3 is 16.0 Å². The van der Waals surface area contributed by atoms with Crippen LogP contribution in [0.25, 0.3) is 0 Å². The van der Waals surface area contributed by atoms with Gasteiger partial charge in [0.2, 0.25) is 11.8 Å². The van der Waals surface area contributed by atoms with E-state index in [-0.39, 0.29) is 24.1 Å². The van der Waals surface area contributed by atoms with Crippen molar-refractivity contribution in [3.8, 4) is 0 Å². The Morgan fingerprint density at radius 3 is 2.61 bits per heavy atom. The van der Waals surface area contributed by atoms with Crippen LogP contribution < -0.4 is 16.4 Å². The summed E-state index contributed by atoms with van der Waals surface area (Å²) in [5, 5.41) is 5.99. The summed E-state index contributed by atoms with van der Waals surface area (Å²) in [4.78, 5) is 38.1. The summed E-state index contributed by atoms with van der Waals surface area (Å²) in [5.74, 6) is -0.0954. The lowest BCUT2D eigenvalue weighted by Crippen LogP contribution is -2.52. The Kier molecular flexibility index (Phi) is 5.46. The SMILES string of the molecule is NCC1CCC(NCc2cccc3c2CN(C2CCC(=O)NC2=O)C3=O)CC1. The third kappa shape index (κ3) is 3.69. The zero-order valence-electron chi connectivity index (χ0n) is 16.1. The second kappa shape index (κ2) is 8.01. The van der Waals surface area contributed by atoms with E-state index in [9.17, 15) is 14.4 Å². The summed E-state index contributed by atoms with van der Waals surface area (Å²) in [6.07, 6.45) is 5.28. The molecule has 2 fully saturated rings. The van der Waals surface area contributed by atoms with Crippen LogP contribution in [-0.4, -0.2) is 41.2 Å². The maximum absolute atomic E-state index is 12.9. The molecule has 3 amide bonds. The topological polar surface area (TPSA) is 105 Å². The number of hydrogen-bond acceptors (Lipinski definition) is 5. The summed E-state index contributed by atoms with van der Waals surface area (Å²) >= 11 is 0. The molecule has 0 aromatic heterocycles. The number of hydrogen-bond donors (Lipinski definition) is 3. The molecule has 7 heteroatoms. The number of imide groups is 1. The molecule has 1 unspecified atom stereocenters. The fourth-order valence-electron chi connectivity index (χ4n) is 4.67. The van der Waals surface area contributed by atoms with Gasteiger partial charge in [-0.1, -0.05) is 12.1 Å². The second-order valence-electron chi connectivity index (χ2n) is 8.18. The number of rotatable bonds is 5. The average molecular weight is 384 g/mol. The van der Waals surface area contributed by atoms with Gasteiger partial charge in [0.15, 0.2) is 0 Å². The first-order valence-corrected chi connectivity index (χ1v) is 10.3. The van der Waals surface area contributed by atoms with Crippen LogP contribution in [0.4, 0.5) is 0 Å². The number of nitrogens with two attached hydrogens (primary N) is 1. The Morgan fingerprint density at radius 2 is 1.89 bits per heavy atom. The first kappa shape index (κ1) is 19.1. The van der Waals surface area contributed by atoms with Gasteiger partial charge in [-0.05, 0) is 61.8 Å². The third-order valence-electron chi connectivity index (χ3n) is 6.44. The molecule has 1 saturated carbocycles. The predicted octanol–water partition coefficient (Wildman–Crippen LogP) is 1.05. The molecule has 1 saturated heterocycles. The zero-order chi connectivity index (χ0) is 19.7. The molecule has 1 aromatic carbocycles. The summed E-state index contributed by atoms with van der Waals surface area (Å²) in [5.41, 5.74) is 8.57. The molecule has 2 aliphatic heterocycles. The number of fused-ring (bicyclic) bond motifs is 1. The number of amides is 3. The van der Waals surface area contributed by atoms with Crippen LogP contribution in [-0.2, 0) is 22.7 Å². The molecule has 28 heavy (non-hydrogen) atoms. The molecule has 4 N–H and O–H groups in total. The summed E-state index contributed by atoms with van der Waals surface area (Å²) in [7, 11) is 0. The fraction of sp³-hybridized carbons (Fsp3) is 0.571. The average Bonchev–Trinajstić information content (AvgIpc) is 3.04. The lowest BCUT2D eigenvalue weighted by Gasteiger charge is -2.29. The standard InChI is InChI=1S/C21H28N4O3/c22-10-13-4-6-15(7-5-13)23-11-14-2-1-3-16-17(14)12-25(21(16)28)18-8-9-19(26)24-20(18)27/h1-3,13,15,18,23H,4-12,22H2,(H,24,26,27). The van der Waals surface area contributed by atoms with E-state index in [4.69, 9.17) is 5.73 Å². The van der Waals surface area contributed by atoms with Crippen molar-refractivity contribution < 1.29 is 14.4 Å². The Hall–Kier alpha value is -2.25. The van der Waals surface area contributed by atoms with Crippen molar-refractivity contribution in [2.45, 2.75) is 63.7 Å². The summed E-state index contributed by atoms with van der Waals surface area (Å²) in [6, 6.07) is 5.72. The maximum Gasteiger partial charge on any atom is 0.255 e. The van der Waals surface area contributed by atoms with E-state index < -0.39 is 6.04 Å². The molecule has 4 rings (SSSR count). The lowest BCUT2D eigenvalue weighted by molar-refractivity contribution is -0.136. The highest BCUT2D eigenvalue weighted by molar-refractivity contribution is 6.05. The Bertz CT molecular complexity index is 786. The largest absolute Gasteiger partial charge is 0.330 e. The minimum absolute atomic E-state index is 0.116. The number of carbonyl (C=O) groups excluding carboxylic acids is 3. The molecule has 2 heterocycles. The first-order chi connectivity index (χ1) is 13.6. The van der Waals surface area contributed by atoms with Crippen molar-refractivity contribution in [3.63, 3.8) is 0 Å². The van der Waals surface area contributed by atoms with Gasteiger partial charge in [-0.15, -0.1) is 0 Å². The van der Waals surface area contributed by atoms with E-state index >= 15 is 0 Å². The van der Waals surface area contributed by atoms with Gasteiger partial charge in [-0.2, -0.15) is 0 Å². The van der Waals surface area contributed by atoms with Crippen LogP contribution in [0.2, 0.25) is 0 Å². The maximum atomic E-state index is 12.9. The van der Waals surface area contributed by atoms with Gasteiger partial charge in [0.1, 0.15) is 6.04 Å². The molecule has 0 spiro atoms. The second-order valence-corrected chi connectivity index (χ2v) is 8.18. The van der Waals surface area contributed by atoms with E-state index in [1.54, 1.807) is 4.90 Å². The number of piperidine rings is 1. The van der Waals surface area contributed by atoms with Crippen molar-refractivity contribution in [3.05, 3.63) is 34.9 Å². The molecule has 150 valence electrons. The lowest BCUT2D eigenvalue weighted by atomic mass is 9.86. The monoisotopic (exact) mass is 384 g/mol. The molecule has 3 aliphatic rings. The van der Waals surface area contributed by atoms with Crippen LogP contribution in [0.3, 0.4) is 0 Å². The number of carbonyl (C=O) groups is 3. The highest BCUT2D eigenvalue weighted by Crippen LogP contribution is 2.30. The van der Waals surface area contributed by atoms with Gasteiger partial charge in [-0.3, -0.25) is 19.7 Å². The predicted molar refractivity (Wildman–Crippen MR) is 104 cm³/mol. The third-order valence-corrected chi connectivity index (χ3v) is 6.44. The van der Waals surface area contributed by atoms with Gasteiger partial charge in [0.25, 0.3) is 5.91 Å². The van der Waals surface area contributed by atoms with E-state index in [0.717, 1.165) is 37.1 Å². The van der Waals surface area contributed by atoms with Crippen molar-refractivity contribution in [2.24, 2.45) is 11.7 Å². The Morgan fingerprint density at radius 1 is 1.11 bits per heavy atom. The van der Waals surface area contributed by atoms with Crippen LogP contribution in [0.5, 0.6) is 0 Å². The van der Waals surface area contributed by atoms with E-state index in [0.29, 0.717) is 30.5 Å². The normalized spacial score (nSPS) is 27.7. The van der Waals surface area contributed by atoms with Gasteiger partial charge in [0.05, 0.1) is 0 Å². The quantitative estimate of drug-likeness (QED) is 0.659. The Labute approximate surface area is 165 Å². The van der Waals surface area contributed by atoms with Crippen molar-refractivity contribution >= 4 is 17.7 Å². The minimum Gasteiger partial charge on any atom is -0.330 e. The molecule has 0 bridgehead atoms. The number of nitrogens with one attached hydrogen (secondary N) is 2. The van der Waals surface area contributed by atoms with Gasteiger partial charge in [-0.25, -0.2) is 0 Å². The van der Waals surface area contributed by atoms with E-state index in [1.165, 1.54) is 12.8 Å². The van der Waals surface area contributed by atoms with Crippen molar-refractivity contribution in [2.75, 3.05) is 6.54 Å². The van der Waals surface area contributed by atoms with Gasteiger partial charge >= 0.3 is 0 Å². The molecule has 1 aliphatic carbocycles. The Balaban J connectivity index is 1.43. The highest BCUT2D eigenvalue weighted by Gasteiger charge is 2.39. The number of nitrogens with zero attached hydrogens (tertiary/aromatic N) is 1. The number of benzene rings is 1. The summed E-state index contributed by atoms with van der Waals surface area (Å²) < 4.78 is 0. The van der Waals surface area contributed by atoms with Crippen molar-refractivity contribution in [1.82, 2.24) is 15.5 Å². The van der Waals surface area contributed by atoms with Crippen LogP contribution in [0.15, 0.2) is 18.2 Å².